The van der Waals surface area contributed by atoms with Crippen LogP contribution in [0.2, 0.25) is 0 Å². The summed E-state index contributed by atoms with van der Waals surface area (Å²) in [5, 5.41) is 31.5. The van der Waals surface area contributed by atoms with Gasteiger partial charge < -0.3 is 39.0 Å². The van der Waals surface area contributed by atoms with E-state index in [2.05, 4.69) is 81.5 Å². The summed E-state index contributed by atoms with van der Waals surface area (Å²) in [7, 11) is 0. The molecule has 0 spiro atoms. The molecule has 0 aromatic carbocycles. The monoisotopic (exact) mass is 1060 g/mol. The standard InChI is InChI=1S/C63H108O12/c1-4-7-10-13-16-19-22-25-26-27-28-29-30-33-36-39-42-45-48-51-57(66)74-61-59(68)58(67)60(62(69)70)75-63(61)72-53-54(73-56(65)50-47-44-41-38-35-32-24-21-18-15-12-9-6-3)52-71-55(64)49-46-43-40-37-34-31-23-20-17-14-11-8-5-2/h11,14,16,19-21,23-26,54,58-61,63,67-68H,4-10,12-13,15,17-18,22,27-53H2,1-3H3,(H,69,70)/b14-11-,19-16-,23-20-,24-21-,26-25-. The maximum atomic E-state index is 13.1. The number of carbonyl (C=O) groups excluding carboxylic acids is 3. The number of ether oxygens (including phenoxy) is 5. The summed E-state index contributed by atoms with van der Waals surface area (Å²) in [6.07, 6.45) is 50.4. The number of hydrogen-bond donors (Lipinski definition) is 3. The Bertz CT molecular complexity index is 1540. The fourth-order valence-electron chi connectivity index (χ4n) is 8.84. The number of aliphatic hydroxyl groups excluding tert-OH is 2. The van der Waals surface area contributed by atoms with Gasteiger partial charge in [0, 0.05) is 19.3 Å². The Morgan fingerprint density at radius 2 is 0.827 bits per heavy atom. The summed E-state index contributed by atoms with van der Waals surface area (Å²) in [5.41, 5.74) is 0. The number of carboxylic acid groups (broad SMARTS) is 1. The number of aliphatic hydroxyl groups is 2. The highest BCUT2D eigenvalue weighted by Gasteiger charge is 2.50. The van der Waals surface area contributed by atoms with Crippen LogP contribution in [0.15, 0.2) is 60.8 Å². The van der Waals surface area contributed by atoms with E-state index in [0.717, 1.165) is 128 Å². The summed E-state index contributed by atoms with van der Waals surface area (Å²) in [6.45, 7) is 5.88. The lowest BCUT2D eigenvalue weighted by molar-refractivity contribution is -0.301. The molecule has 0 radical (unpaired) electrons. The van der Waals surface area contributed by atoms with Crippen LogP contribution in [0.3, 0.4) is 0 Å². The minimum absolute atomic E-state index is 0.0532. The maximum absolute atomic E-state index is 13.1. The second kappa shape index (κ2) is 51.2. The molecule has 0 aromatic rings. The number of aliphatic carboxylic acids is 1. The Morgan fingerprint density at radius 1 is 0.440 bits per heavy atom. The molecule has 0 bridgehead atoms. The van der Waals surface area contributed by atoms with E-state index in [4.69, 9.17) is 23.7 Å². The Kier molecular flexibility index (Phi) is 47.4. The first-order valence-electron chi connectivity index (χ1n) is 30.3. The van der Waals surface area contributed by atoms with Gasteiger partial charge in [0.25, 0.3) is 0 Å². The molecule has 0 amide bonds. The van der Waals surface area contributed by atoms with E-state index in [-0.39, 0.29) is 25.9 Å². The molecule has 6 unspecified atom stereocenters. The molecule has 432 valence electrons. The van der Waals surface area contributed by atoms with Crippen molar-refractivity contribution < 1.29 is 58.2 Å². The quantitative estimate of drug-likeness (QED) is 0.0228. The molecule has 1 aliphatic rings. The van der Waals surface area contributed by atoms with Crippen molar-refractivity contribution in [1.82, 2.24) is 0 Å². The molecule has 3 N–H and O–H groups in total. The first kappa shape index (κ1) is 69.4. The second-order valence-electron chi connectivity index (χ2n) is 20.6. The first-order chi connectivity index (χ1) is 36.6. The van der Waals surface area contributed by atoms with Crippen LogP contribution in [0, 0.1) is 0 Å². The molecule has 0 saturated carbocycles. The number of carbonyl (C=O) groups is 4. The molecule has 6 atom stereocenters. The number of unbranched alkanes of at least 4 members (excludes halogenated alkanes) is 27. The highest BCUT2D eigenvalue weighted by molar-refractivity contribution is 5.74. The Balaban J connectivity index is 2.67. The van der Waals surface area contributed by atoms with Crippen LogP contribution in [-0.2, 0) is 42.9 Å². The third-order valence-electron chi connectivity index (χ3n) is 13.5. The van der Waals surface area contributed by atoms with E-state index < -0.39 is 67.3 Å². The average Bonchev–Trinajstić information content (AvgIpc) is 3.39. The van der Waals surface area contributed by atoms with Crippen LogP contribution in [0.5, 0.6) is 0 Å². The van der Waals surface area contributed by atoms with Crippen molar-refractivity contribution in [3.63, 3.8) is 0 Å². The topological polar surface area (TPSA) is 175 Å². The molecule has 0 aliphatic carbocycles. The van der Waals surface area contributed by atoms with Crippen LogP contribution in [0.4, 0.5) is 0 Å². The van der Waals surface area contributed by atoms with Gasteiger partial charge in [-0.1, -0.05) is 204 Å². The Hall–Kier alpha value is -3.58. The molecule has 1 fully saturated rings. The van der Waals surface area contributed by atoms with Crippen molar-refractivity contribution >= 4 is 23.9 Å². The molecule has 1 saturated heterocycles. The van der Waals surface area contributed by atoms with Crippen molar-refractivity contribution in [2.45, 2.75) is 302 Å². The van der Waals surface area contributed by atoms with Crippen LogP contribution < -0.4 is 0 Å². The van der Waals surface area contributed by atoms with Gasteiger partial charge >= 0.3 is 23.9 Å². The van der Waals surface area contributed by atoms with Gasteiger partial charge in [-0.05, 0) is 103 Å². The van der Waals surface area contributed by atoms with E-state index >= 15 is 0 Å². The van der Waals surface area contributed by atoms with Crippen molar-refractivity contribution in [3.05, 3.63) is 60.8 Å². The molecule has 1 aliphatic heterocycles. The molecule has 75 heavy (non-hydrogen) atoms. The molecule has 12 heteroatoms. The van der Waals surface area contributed by atoms with E-state index in [9.17, 15) is 34.5 Å². The molecule has 1 heterocycles. The Labute approximate surface area is 456 Å². The minimum Gasteiger partial charge on any atom is -0.479 e. The zero-order valence-corrected chi connectivity index (χ0v) is 47.5. The smallest absolute Gasteiger partial charge is 0.335 e. The summed E-state index contributed by atoms with van der Waals surface area (Å²) in [6, 6.07) is 0. The van der Waals surface area contributed by atoms with Gasteiger partial charge in [-0.25, -0.2) is 4.79 Å². The van der Waals surface area contributed by atoms with E-state index in [1.165, 1.54) is 77.0 Å². The number of carboxylic acids is 1. The van der Waals surface area contributed by atoms with Gasteiger partial charge in [-0.2, -0.15) is 0 Å². The molecule has 12 nitrogen and oxygen atoms in total. The average molecular weight is 1060 g/mol. The van der Waals surface area contributed by atoms with Gasteiger partial charge in [0.15, 0.2) is 24.6 Å². The minimum atomic E-state index is -1.91. The van der Waals surface area contributed by atoms with Crippen LogP contribution in [-0.4, -0.2) is 89.2 Å². The predicted molar refractivity (Wildman–Crippen MR) is 303 cm³/mol. The fourth-order valence-corrected chi connectivity index (χ4v) is 8.84. The second-order valence-corrected chi connectivity index (χ2v) is 20.6. The molecule has 0 aromatic heterocycles. The summed E-state index contributed by atoms with van der Waals surface area (Å²) in [4.78, 5) is 51.1. The largest absolute Gasteiger partial charge is 0.479 e. The fraction of sp³-hybridized carbons (Fsp3) is 0.778. The van der Waals surface area contributed by atoms with E-state index in [0.29, 0.717) is 19.3 Å². The van der Waals surface area contributed by atoms with Gasteiger partial charge in [0.05, 0.1) is 6.61 Å². The van der Waals surface area contributed by atoms with E-state index in [1.807, 2.05) is 0 Å². The van der Waals surface area contributed by atoms with Crippen molar-refractivity contribution in [3.8, 4) is 0 Å². The number of esters is 3. The lowest BCUT2D eigenvalue weighted by Crippen LogP contribution is -2.61. The SMILES string of the molecule is CCC/C=C\C/C=C\CCCCCCCC(=O)OCC(COC1OC(C(=O)O)C(O)C(O)C1OC(=O)CCCCCCCCCCC/C=C\C/C=C\CCCCC)OC(=O)CCCCCCC/C=C\CCCCCC. The lowest BCUT2D eigenvalue weighted by atomic mass is 9.98. The molecular formula is C63H108O12. The number of allylic oxidation sites excluding steroid dienone is 10. The summed E-state index contributed by atoms with van der Waals surface area (Å²) >= 11 is 0. The summed E-state index contributed by atoms with van der Waals surface area (Å²) < 4.78 is 28.4. The highest BCUT2D eigenvalue weighted by atomic mass is 16.7. The zero-order valence-electron chi connectivity index (χ0n) is 47.5. The Morgan fingerprint density at radius 3 is 1.29 bits per heavy atom. The number of hydrogen-bond acceptors (Lipinski definition) is 11. The van der Waals surface area contributed by atoms with Gasteiger partial charge in [0.1, 0.15) is 18.8 Å². The van der Waals surface area contributed by atoms with Gasteiger partial charge in [-0.3, -0.25) is 14.4 Å². The highest BCUT2D eigenvalue weighted by Crippen LogP contribution is 2.26. The van der Waals surface area contributed by atoms with Crippen molar-refractivity contribution in [2.24, 2.45) is 0 Å². The van der Waals surface area contributed by atoms with Gasteiger partial charge in [-0.15, -0.1) is 0 Å². The molecular weight excluding hydrogens is 949 g/mol. The van der Waals surface area contributed by atoms with Crippen LogP contribution >= 0.6 is 0 Å². The lowest BCUT2D eigenvalue weighted by Gasteiger charge is -2.40. The van der Waals surface area contributed by atoms with E-state index in [1.54, 1.807) is 0 Å². The normalized spacial score (nSPS) is 18.5. The number of rotatable bonds is 51. The third-order valence-corrected chi connectivity index (χ3v) is 13.5. The van der Waals surface area contributed by atoms with Crippen molar-refractivity contribution in [2.75, 3.05) is 13.2 Å². The summed E-state index contributed by atoms with van der Waals surface area (Å²) in [5.74, 6) is -3.14. The molecule has 1 rings (SSSR count). The maximum Gasteiger partial charge on any atom is 0.335 e. The predicted octanol–water partition coefficient (Wildman–Crippen LogP) is 15.6. The van der Waals surface area contributed by atoms with Crippen LogP contribution in [0.1, 0.15) is 265 Å². The zero-order chi connectivity index (χ0) is 54.7. The van der Waals surface area contributed by atoms with Crippen LogP contribution in [0.25, 0.3) is 0 Å². The third kappa shape index (κ3) is 41.2. The first-order valence-corrected chi connectivity index (χ1v) is 30.3. The van der Waals surface area contributed by atoms with Gasteiger partial charge in [0.2, 0.25) is 0 Å². The van der Waals surface area contributed by atoms with Crippen molar-refractivity contribution in [1.29, 1.82) is 0 Å².